The number of alkyl halides is 3. The molecule has 2 aromatic rings. The van der Waals surface area contributed by atoms with E-state index in [-0.39, 0.29) is 10.8 Å². The third kappa shape index (κ3) is 3.76. The van der Waals surface area contributed by atoms with Crippen molar-refractivity contribution in [3.05, 3.63) is 40.1 Å². The highest BCUT2D eigenvalue weighted by atomic mass is 32.2. The van der Waals surface area contributed by atoms with E-state index < -0.39 is 27.9 Å². The van der Waals surface area contributed by atoms with Crippen LogP contribution in [0.2, 0.25) is 0 Å². The van der Waals surface area contributed by atoms with E-state index in [0.29, 0.717) is 11.1 Å². The fraction of sp³-hybridized carbons (Fsp3) is 0.429. The first-order valence-electron chi connectivity index (χ1n) is 7.15. The minimum atomic E-state index is -4.61. The first-order valence-corrected chi connectivity index (χ1v) is 9.45. The number of hydrogen-bond acceptors (Lipinski definition) is 5. The van der Waals surface area contributed by atoms with Crippen molar-refractivity contribution in [2.45, 2.75) is 36.9 Å². The molecule has 2 aromatic heterocycles. The Bertz CT molecular complexity index is 828. The Labute approximate surface area is 141 Å². The van der Waals surface area contributed by atoms with Crippen LogP contribution in [0, 0.1) is 12.8 Å². The molecule has 1 fully saturated rings. The number of nitrogens with zero attached hydrogens (tertiary/aromatic N) is 2. The van der Waals surface area contributed by atoms with E-state index in [4.69, 9.17) is 0 Å². The minimum absolute atomic E-state index is 0.160. The summed E-state index contributed by atoms with van der Waals surface area (Å²) in [4.78, 5) is 8.10. The third-order valence-corrected chi connectivity index (χ3v) is 6.04. The number of hydrogen-bond donors (Lipinski definition) is 1. The molecular formula is C14H14F3N3O2S2. The molecule has 2 heterocycles. The van der Waals surface area contributed by atoms with Gasteiger partial charge in [0, 0.05) is 17.3 Å². The van der Waals surface area contributed by atoms with Crippen molar-refractivity contribution < 1.29 is 21.6 Å². The second-order valence-corrected chi connectivity index (χ2v) is 8.60. The van der Waals surface area contributed by atoms with Crippen molar-refractivity contribution in [1.82, 2.24) is 14.7 Å². The fourth-order valence-corrected chi connectivity index (χ4v) is 4.44. The molecule has 1 atom stereocenters. The van der Waals surface area contributed by atoms with Gasteiger partial charge in [0.1, 0.15) is 15.6 Å². The predicted molar refractivity (Wildman–Crippen MR) is 81.9 cm³/mol. The van der Waals surface area contributed by atoms with Crippen LogP contribution < -0.4 is 4.72 Å². The molecular weight excluding hydrogens is 363 g/mol. The molecule has 10 heteroatoms. The van der Waals surface area contributed by atoms with Gasteiger partial charge in [-0.05, 0) is 37.8 Å². The van der Waals surface area contributed by atoms with E-state index in [2.05, 4.69) is 14.7 Å². The molecule has 24 heavy (non-hydrogen) atoms. The van der Waals surface area contributed by atoms with Crippen molar-refractivity contribution in [3.63, 3.8) is 0 Å². The molecule has 1 unspecified atom stereocenters. The zero-order chi connectivity index (χ0) is 17.5. The molecule has 0 aliphatic heterocycles. The van der Waals surface area contributed by atoms with E-state index in [0.717, 1.165) is 30.0 Å². The number of pyridine rings is 1. The Morgan fingerprint density at radius 3 is 2.42 bits per heavy atom. The second kappa shape index (κ2) is 6.08. The molecule has 0 radical (unpaired) electrons. The van der Waals surface area contributed by atoms with Gasteiger partial charge in [-0.15, -0.1) is 11.3 Å². The molecule has 0 aromatic carbocycles. The molecule has 130 valence electrons. The minimum Gasteiger partial charge on any atom is -0.250 e. The van der Waals surface area contributed by atoms with Crippen molar-refractivity contribution in [2.24, 2.45) is 5.92 Å². The van der Waals surface area contributed by atoms with Crippen molar-refractivity contribution in [1.29, 1.82) is 0 Å². The summed E-state index contributed by atoms with van der Waals surface area (Å²) in [5.41, 5.74) is -1.13. The number of aryl methyl sites for hydroxylation is 1. The van der Waals surface area contributed by atoms with Crippen LogP contribution in [0.3, 0.4) is 0 Å². The summed E-state index contributed by atoms with van der Waals surface area (Å²) in [7, 11) is -3.98. The Morgan fingerprint density at radius 1 is 1.25 bits per heavy atom. The quantitative estimate of drug-likeness (QED) is 0.868. The molecule has 1 N–H and O–H groups in total. The highest BCUT2D eigenvalue weighted by molar-refractivity contribution is 7.89. The molecule has 1 aliphatic rings. The lowest BCUT2D eigenvalue weighted by Crippen LogP contribution is -2.30. The van der Waals surface area contributed by atoms with Gasteiger partial charge in [-0.3, -0.25) is 4.98 Å². The lowest BCUT2D eigenvalue weighted by molar-refractivity contribution is -0.141. The van der Waals surface area contributed by atoms with Gasteiger partial charge >= 0.3 is 6.18 Å². The van der Waals surface area contributed by atoms with Gasteiger partial charge in [0.05, 0.1) is 6.04 Å². The van der Waals surface area contributed by atoms with Crippen LogP contribution in [0.25, 0.3) is 0 Å². The first-order chi connectivity index (χ1) is 11.2. The van der Waals surface area contributed by atoms with Gasteiger partial charge in [-0.25, -0.2) is 18.1 Å². The Morgan fingerprint density at radius 2 is 1.96 bits per heavy atom. The number of aromatic nitrogens is 2. The van der Waals surface area contributed by atoms with Crippen LogP contribution in [0.1, 0.15) is 34.5 Å². The summed E-state index contributed by atoms with van der Waals surface area (Å²) < 4.78 is 65.1. The highest BCUT2D eigenvalue weighted by Crippen LogP contribution is 2.42. The van der Waals surface area contributed by atoms with Crippen LogP contribution in [0.5, 0.6) is 0 Å². The molecule has 3 rings (SSSR count). The average molecular weight is 377 g/mol. The molecule has 1 saturated carbocycles. The maximum absolute atomic E-state index is 12.5. The normalized spacial score (nSPS) is 17.0. The van der Waals surface area contributed by atoms with Crippen molar-refractivity contribution >= 4 is 21.4 Å². The van der Waals surface area contributed by atoms with Gasteiger partial charge in [-0.2, -0.15) is 13.2 Å². The summed E-state index contributed by atoms with van der Waals surface area (Å²) in [5.74, 6) is 0.160. The van der Waals surface area contributed by atoms with E-state index in [1.807, 2.05) is 6.92 Å². The smallest absolute Gasteiger partial charge is 0.250 e. The van der Waals surface area contributed by atoms with Gasteiger partial charge in [0.15, 0.2) is 0 Å². The van der Waals surface area contributed by atoms with Gasteiger partial charge in [-0.1, -0.05) is 0 Å². The Balaban J connectivity index is 1.84. The van der Waals surface area contributed by atoms with Gasteiger partial charge in [0.25, 0.3) is 0 Å². The third-order valence-electron chi connectivity index (χ3n) is 3.62. The second-order valence-electron chi connectivity index (χ2n) is 5.62. The van der Waals surface area contributed by atoms with Crippen molar-refractivity contribution in [3.8, 4) is 0 Å². The highest BCUT2D eigenvalue weighted by Gasteiger charge is 2.38. The average Bonchev–Trinajstić information content (AvgIpc) is 3.26. The zero-order valence-corrected chi connectivity index (χ0v) is 14.2. The van der Waals surface area contributed by atoms with Crippen LogP contribution in [0.15, 0.2) is 29.4 Å². The van der Waals surface area contributed by atoms with Crippen molar-refractivity contribution in [2.75, 3.05) is 0 Å². The number of rotatable bonds is 5. The monoisotopic (exact) mass is 377 g/mol. The molecule has 0 spiro atoms. The SMILES string of the molecule is Cc1cnc(C(NS(=O)(=O)c2ccc(C(F)(F)F)nc2)C2CC2)s1. The van der Waals surface area contributed by atoms with Crippen LogP contribution >= 0.6 is 11.3 Å². The fourth-order valence-electron chi connectivity index (χ4n) is 2.24. The number of halogens is 3. The van der Waals surface area contributed by atoms with Crippen LogP contribution in [-0.4, -0.2) is 18.4 Å². The summed E-state index contributed by atoms with van der Waals surface area (Å²) in [6.07, 6.45) is -0.440. The maximum atomic E-state index is 12.5. The van der Waals surface area contributed by atoms with Gasteiger partial charge in [0.2, 0.25) is 10.0 Å². The number of sulfonamides is 1. The molecule has 0 amide bonds. The number of nitrogens with one attached hydrogen (secondary N) is 1. The maximum Gasteiger partial charge on any atom is 0.433 e. The molecule has 0 saturated heterocycles. The zero-order valence-electron chi connectivity index (χ0n) is 12.5. The standard InChI is InChI=1S/C14H14F3N3O2S2/c1-8-6-19-13(23-8)12(9-2-3-9)20-24(21,22)10-4-5-11(18-7-10)14(15,16)17/h4-7,9,12,20H,2-3H2,1H3. The van der Waals surface area contributed by atoms with Gasteiger partial charge < -0.3 is 0 Å². The molecule has 0 bridgehead atoms. The number of thiazole rings is 1. The lowest BCUT2D eigenvalue weighted by atomic mass is 10.2. The van der Waals surface area contributed by atoms with E-state index in [1.54, 1.807) is 6.20 Å². The molecule has 5 nitrogen and oxygen atoms in total. The van der Waals surface area contributed by atoms with Crippen LogP contribution in [0.4, 0.5) is 13.2 Å². The van der Waals surface area contributed by atoms with Crippen LogP contribution in [-0.2, 0) is 16.2 Å². The summed E-state index contributed by atoms with van der Waals surface area (Å²) >= 11 is 1.40. The molecule has 1 aliphatic carbocycles. The van der Waals surface area contributed by atoms with E-state index >= 15 is 0 Å². The first kappa shape index (κ1) is 17.3. The topological polar surface area (TPSA) is 72.0 Å². The van der Waals surface area contributed by atoms with E-state index in [9.17, 15) is 21.6 Å². The Kier molecular flexibility index (Phi) is 4.39. The van der Waals surface area contributed by atoms with E-state index in [1.165, 1.54) is 11.3 Å². The summed E-state index contributed by atoms with van der Waals surface area (Å²) in [6.45, 7) is 1.87. The summed E-state index contributed by atoms with van der Waals surface area (Å²) in [5, 5.41) is 0.665. The predicted octanol–water partition coefficient (Wildman–Crippen LogP) is 3.29. The summed E-state index contributed by atoms with van der Waals surface area (Å²) in [6, 6.07) is 1.11. The Hall–Kier alpha value is -1.52. The largest absolute Gasteiger partial charge is 0.433 e. The lowest BCUT2D eigenvalue weighted by Gasteiger charge is -2.16.